The molecular weight excluding hydrogens is 316 g/mol. The summed E-state index contributed by atoms with van der Waals surface area (Å²) in [5, 5.41) is 5.64. The Bertz CT molecular complexity index is 580. The number of carbonyl (C=O) groups is 2. The van der Waals surface area contributed by atoms with Gasteiger partial charge in [-0.25, -0.2) is 4.79 Å². The molecule has 1 aromatic rings. The van der Waals surface area contributed by atoms with E-state index in [9.17, 15) is 9.59 Å². The SMILES string of the molecule is O=C(NCCN1CCNC1=O)c1ccc(CN2CCCCCC2)cc1. The molecule has 2 fully saturated rings. The van der Waals surface area contributed by atoms with E-state index in [0.717, 1.165) is 6.54 Å². The van der Waals surface area contributed by atoms with E-state index in [4.69, 9.17) is 0 Å². The van der Waals surface area contributed by atoms with Crippen LogP contribution in [0, 0.1) is 0 Å². The number of rotatable bonds is 6. The summed E-state index contributed by atoms with van der Waals surface area (Å²) in [4.78, 5) is 27.9. The first-order chi connectivity index (χ1) is 12.2. The van der Waals surface area contributed by atoms with Gasteiger partial charge in [-0.2, -0.15) is 0 Å². The molecule has 2 N–H and O–H groups in total. The summed E-state index contributed by atoms with van der Waals surface area (Å²) in [5.41, 5.74) is 1.93. The second-order valence-electron chi connectivity index (χ2n) is 6.86. The molecule has 0 unspecified atom stereocenters. The first-order valence-electron chi connectivity index (χ1n) is 9.35. The Morgan fingerprint density at radius 2 is 1.76 bits per heavy atom. The predicted octanol–water partition coefficient (Wildman–Crippen LogP) is 1.82. The van der Waals surface area contributed by atoms with Crippen molar-refractivity contribution in [1.29, 1.82) is 0 Å². The van der Waals surface area contributed by atoms with Gasteiger partial charge in [-0.3, -0.25) is 9.69 Å². The Hall–Kier alpha value is -2.08. The van der Waals surface area contributed by atoms with Crippen molar-refractivity contribution in [2.45, 2.75) is 32.2 Å². The highest BCUT2D eigenvalue weighted by Crippen LogP contribution is 2.14. The second-order valence-corrected chi connectivity index (χ2v) is 6.86. The highest BCUT2D eigenvalue weighted by molar-refractivity contribution is 5.94. The minimum Gasteiger partial charge on any atom is -0.350 e. The van der Waals surface area contributed by atoms with Gasteiger partial charge in [-0.05, 0) is 43.6 Å². The molecule has 0 spiro atoms. The molecule has 0 radical (unpaired) electrons. The van der Waals surface area contributed by atoms with Crippen LogP contribution in [0.25, 0.3) is 0 Å². The third-order valence-electron chi connectivity index (χ3n) is 4.93. The third-order valence-corrected chi connectivity index (χ3v) is 4.93. The normalized spacial score (nSPS) is 18.7. The summed E-state index contributed by atoms with van der Waals surface area (Å²) in [7, 11) is 0. The van der Waals surface area contributed by atoms with E-state index in [1.165, 1.54) is 44.3 Å². The third kappa shape index (κ3) is 5.19. The first-order valence-corrected chi connectivity index (χ1v) is 9.35. The van der Waals surface area contributed by atoms with E-state index >= 15 is 0 Å². The summed E-state index contributed by atoms with van der Waals surface area (Å²) in [6, 6.07) is 7.84. The largest absolute Gasteiger partial charge is 0.350 e. The van der Waals surface area contributed by atoms with Crippen LogP contribution >= 0.6 is 0 Å². The van der Waals surface area contributed by atoms with Crippen LogP contribution in [0.5, 0.6) is 0 Å². The van der Waals surface area contributed by atoms with Crippen molar-refractivity contribution in [2.24, 2.45) is 0 Å². The molecule has 6 heteroatoms. The maximum Gasteiger partial charge on any atom is 0.317 e. The van der Waals surface area contributed by atoms with Gasteiger partial charge >= 0.3 is 6.03 Å². The predicted molar refractivity (Wildman–Crippen MR) is 97.5 cm³/mol. The zero-order valence-corrected chi connectivity index (χ0v) is 14.8. The Kier molecular flexibility index (Phi) is 6.28. The summed E-state index contributed by atoms with van der Waals surface area (Å²) < 4.78 is 0. The molecule has 3 rings (SSSR count). The van der Waals surface area contributed by atoms with E-state index in [0.29, 0.717) is 31.7 Å². The number of nitrogens with one attached hydrogen (secondary N) is 2. The fraction of sp³-hybridized carbons (Fsp3) is 0.579. The summed E-state index contributed by atoms with van der Waals surface area (Å²) in [6.45, 7) is 5.72. The quantitative estimate of drug-likeness (QED) is 0.827. The smallest absolute Gasteiger partial charge is 0.317 e. The van der Waals surface area contributed by atoms with Gasteiger partial charge in [0.15, 0.2) is 0 Å². The molecule has 3 amide bonds. The van der Waals surface area contributed by atoms with Crippen LogP contribution in [0.2, 0.25) is 0 Å². The Labute approximate surface area is 149 Å². The summed E-state index contributed by atoms with van der Waals surface area (Å²) >= 11 is 0. The number of likely N-dealkylation sites (tertiary alicyclic amines) is 1. The molecule has 0 bridgehead atoms. The fourth-order valence-electron chi connectivity index (χ4n) is 3.44. The number of carbonyl (C=O) groups excluding carboxylic acids is 2. The van der Waals surface area contributed by atoms with Crippen LogP contribution < -0.4 is 10.6 Å². The number of nitrogens with zero attached hydrogens (tertiary/aromatic N) is 2. The molecule has 0 aliphatic carbocycles. The zero-order chi connectivity index (χ0) is 17.5. The second kappa shape index (κ2) is 8.85. The molecule has 0 aromatic heterocycles. The van der Waals surface area contributed by atoms with Gasteiger partial charge in [0.2, 0.25) is 0 Å². The van der Waals surface area contributed by atoms with Crippen molar-refractivity contribution < 1.29 is 9.59 Å². The van der Waals surface area contributed by atoms with Crippen molar-refractivity contribution in [3.05, 3.63) is 35.4 Å². The molecule has 2 saturated heterocycles. The molecule has 136 valence electrons. The lowest BCUT2D eigenvalue weighted by Crippen LogP contribution is -2.36. The van der Waals surface area contributed by atoms with Crippen LogP contribution in [-0.2, 0) is 6.54 Å². The minimum atomic E-state index is -0.0825. The van der Waals surface area contributed by atoms with E-state index in [1.807, 2.05) is 24.3 Å². The summed E-state index contributed by atoms with van der Waals surface area (Å²) in [5.74, 6) is -0.0825. The van der Waals surface area contributed by atoms with Gasteiger partial charge in [-0.1, -0.05) is 25.0 Å². The lowest BCUT2D eigenvalue weighted by Gasteiger charge is -2.19. The maximum absolute atomic E-state index is 12.2. The zero-order valence-electron chi connectivity index (χ0n) is 14.8. The molecular formula is C19H28N4O2. The molecule has 2 heterocycles. The number of benzene rings is 1. The van der Waals surface area contributed by atoms with Crippen molar-refractivity contribution in [3.63, 3.8) is 0 Å². The van der Waals surface area contributed by atoms with E-state index in [2.05, 4.69) is 15.5 Å². The Balaban J connectivity index is 1.44. The van der Waals surface area contributed by atoms with Crippen molar-refractivity contribution in [2.75, 3.05) is 39.3 Å². The molecule has 2 aliphatic rings. The molecule has 6 nitrogen and oxygen atoms in total. The van der Waals surface area contributed by atoms with Gasteiger partial charge in [0, 0.05) is 38.3 Å². The average Bonchev–Trinajstić information content (AvgIpc) is 2.86. The van der Waals surface area contributed by atoms with Crippen LogP contribution in [0.15, 0.2) is 24.3 Å². The fourth-order valence-corrected chi connectivity index (χ4v) is 3.44. The number of amides is 3. The topological polar surface area (TPSA) is 64.7 Å². The number of hydrogen-bond acceptors (Lipinski definition) is 3. The monoisotopic (exact) mass is 344 g/mol. The van der Waals surface area contributed by atoms with Crippen LogP contribution in [0.4, 0.5) is 4.79 Å². The van der Waals surface area contributed by atoms with Crippen LogP contribution in [0.3, 0.4) is 0 Å². The molecule has 0 atom stereocenters. The van der Waals surface area contributed by atoms with Gasteiger partial charge in [0.25, 0.3) is 5.91 Å². The molecule has 0 saturated carbocycles. The van der Waals surface area contributed by atoms with E-state index in [1.54, 1.807) is 4.90 Å². The van der Waals surface area contributed by atoms with Gasteiger partial charge in [0.1, 0.15) is 0 Å². The summed E-state index contributed by atoms with van der Waals surface area (Å²) in [6.07, 6.45) is 5.26. The number of hydrogen-bond donors (Lipinski definition) is 2. The van der Waals surface area contributed by atoms with E-state index < -0.39 is 0 Å². The van der Waals surface area contributed by atoms with Gasteiger partial charge < -0.3 is 15.5 Å². The van der Waals surface area contributed by atoms with Crippen LogP contribution in [0.1, 0.15) is 41.6 Å². The highest BCUT2D eigenvalue weighted by atomic mass is 16.2. The molecule has 2 aliphatic heterocycles. The van der Waals surface area contributed by atoms with Gasteiger partial charge in [0.05, 0.1) is 0 Å². The Morgan fingerprint density at radius 3 is 2.40 bits per heavy atom. The Morgan fingerprint density at radius 1 is 1.04 bits per heavy atom. The highest BCUT2D eigenvalue weighted by Gasteiger charge is 2.18. The number of urea groups is 1. The van der Waals surface area contributed by atoms with E-state index in [-0.39, 0.29) is 11.9 Å². The maximum atomic E-state index is 12.2. The van der Waals surface area contributed by atoms with Crippen molar-refractivity contribution in [1.82, 2.24) is 20.4 Å². The van der Waals surface area contributed by atoms with Crippen LogP contribution in [-0.4, -0.2) is 61.0 Å². The minimum absolute atomic E-state index is 0.0490. The molecule has 1 aromatic carbocycles. The molecule has 25 heavy (non-hydrogen) atoms. The van der Waals surface area contributed by atoms with Crippen molar-refractivity contribution in [3.8, 4) is 0 Å². The van der Waals surface area contributed by atoms with Crippen molar-refractivity contribution >= 4 is 11.9 Å². The first kappa shape index (κ1) is 17.7. The standard InChI is InChI=1S/C19H28N4O2/c24-18(20-9-13-23-14-10-21-19(23)25)17-7-5-16(6-8-17)15-22-11-3-1-2-4-12-22/h5-8H,1-4,9-15H2,(H,20,24)(H,21,25). The van der Waals surface area contributed by atoms with Gasteiger partial charge in [-0.15, -0.1) is 0 Å². The lowest BCUT2D eigenvalue weighted by atomic mass is 10.1. The average molecular weight is 344 g/mol. The lowest BCUT2D eigenvalue weighted by molar-refractivity contribution is 0.0950.